The highest BCUT2D eigenvalue weighted by Gasteiger charge is 2.78. The van der Waals surface area contributed by atoms with Gasteiger partial charge < -0.3 is 0 Å². The first kappa shape index (κ1) is 13.2. The molecule has 2 aromatic rings. The molecule has 0 N–H and O–H groups in total. The van der Waals surface area contributed by atoms with E-state index in [1.54, 1.807) is 0 Å². The SMILES string of the molecule is CC1(C)[C@@]2(c3ccccc3)N=N[C@@]1(c1ccccc1)[C@H]1C=C[C@@H]12. The summed E-state index contributed by atoms with van der Waals surface area (Å²) in [6.45, 7) is 4.71. The number of benzene rings is 2. The molecule has 114 valence electrons. The third kappa shape index (κ3) is 1.21. The molecule has 3 aliphatic rings. The van der Waals surface area contributed by atoms with Gasteiger partial charge in [0.1, 0.15) is 11.1 Å². The third-order valence-electron chi connectivity index (χ3n) is 6.58. The van der Waals surface area contributed by atoms with Gasteiger partial charge in [0.05, 0.1) is 0 Å². The molecular formula is C21H20N2. The lowest BCUT2D eigenvalue weighted by atomic mass is 9.62. The lowest BCUT2D eigenvalue weighted by molar-refractivity contribution is 0.160. The molecule has 4 atom stereocenters. The van der Waals surface area contributed by atoms with Crippen LogP contribution in [0.15, 0.2) is 83.0 Å². The fourth-order valence-corrected chi connectivity index (χ4v) is 5.40. The van der Waals surface area contributed by atoms with Gasteiger partial charge in [-0.25, -0.2) is 0 Å². The maximum atomic E-state index is 4.96. The van der Waals surface area contributed by atoms with Crippen molar-refractivity contribution in [1.29, 1.82) is 0 Å². The summed E-state index contributed by atoms with van der Waals surface area (Å²) in [4.78, 5) is 0. The molecule has 2 nitrogen and oxygen atoms in total. The highest BCUT2D eigenvalue weighted by atomic mass is 15.3. The Morgan fingerprint density at radius 3 is 1.39 bits per heavy atom. The summed E-state index contributed by atoms with van der Waals surface area (Å²) in [5.41, 5.74) is 2.03. The van der Waals surface area contributed by atoms with E-state index in [1.807, 2.05) is 0 Å². The van der Waals surface area contributed by atoms with Gasteiger partial charge in [0.2, 0.25) is 0 Å². The van der Waals surface area contributed by atoms with Crippen molar-refractivity contribution in [3.05, 3.63) is 83.9 Å². The van der Waals surface area contributed by atoms with Crippen molar-refractivity contribution in [1.82, 2.24) is 0 Å². The first-order valence-electron chi connectivity index (χ1n) is 8.38. The van der Waals surface area contributed by atoms with E-state index in [1.165, 1.54) is 11.1 Å². The van der Waals surface area contributed by atoms with Gasteiger partial charge in [-0.05, 0) is 11.1 Å². The van der Waals surface area contributed by atoms with E-state index in [2.05, 4.69) is 86.7 Å². The summed E-state index contributed by atoms with van der Waals surface area (Å²) >= 11 is 0. The van der Waals surface area contributed by atoms with Crippen LogP contribution in [0.2, 0.25) is 0 Å². The van der Waals surface area contributed by atoms with Crippen LogP contribution in [0, 0.1) is 17.3 Å². The summed E-state index contributed by atoms with van der Waals surface area (Å²) in [5.74, 6) is 0.884. The summed E-state index contributed by atoms with van der Waals surface area (Å²) in [6, 6.07) is 21.5. The van der Waals surface area contributed by atoms with Gasteiger partial charge in [0, 0.05) is 17.3 Å². The summed E-state index contributed by atoms with van der Waals surface area (Å²) in [7, 11) is 0. The maximum Gasteiger partial charge on any atom is 0.121 e. The Balaban J connectivity index is 1.80. The number of hydrogen-bond donors (Lipinski definition) is 0. The highest BCUT2D eigenvalue weighted by Crippen LogP contribution is 2.76. The van der Waals surface area contributed by atoms with Crippen LogP contribution in [0.4, 0.5) is 0 Å². The average molecular weight is 300 g/mol. The second kappa shape index (κ2) is 4.00. The van der Waals surface area contributed by atoms with Gasteiger partial charge in [-0.3, -0.25) is 0 Å². The molecule has 2 aromatic carbocycles. The lowest BCUT2D eigenvalue weighted by Gasteiger charge is -2.40. The van der Waals surface area contributed by atoms with Crippen molar-refractivity contribution < 1.29 is 0 Å². The van der Waals surface area contributed by atoms with Crippen molar-refractivity contribution in [3.63, 3.8) is 0 Å². The molecule has 0 radical (unpaired) electrons. The van der Waals surface area contributed by atoms with Gasteiger partial charge in [-0.2, -0.15) is 10.2 Å². The molecule has 1 fully saturated rings. The van der Waals surface area contributed by atoms with Crippen molar-refractivity contribution in [2.45, 2.75) is 24.9 Å². The summed E-state index contributed by atoms with van der Waals surface area (Å²) < 4.78 is 0. The minimum atomic E-state index is -0.247. The Hall–Kier alpha value is -2.22. The molecule has 0 amide bonds. The number of nitrogens with zero attached hydrogens (tertiary/aromatic N) is 2. The molecule has 23 heavy (non-hydrogen) atoms. The Morgan fingerprint density at radius 1 is 0.652 bits per heavy atom. The van der Waals surface area contributed by atoms with Crippen molar-refractivity contribution in [2.75, 3.05) is 0 Å². The summed E-state index contributed by atoms with van der Waals surface area (Å²) in [6.07, 6.45) is 4.70. The molecule has 0 aromatic heterocycles. The lowest BCUT2D eigenvalue weighted by Crippen LogP contribution is -2.43. The predicted octanol–water partition coefficient (Wildman–Crippen LogP) is 5.09. The Morgan fingerprint density at radius 2 is 1.04 bits per heavy atom. The van der Waals surface area contributed by atoms with E-state index in [9.17, 15) is 0 Å². The summed E-state index contributed by atoms with van der Waals surface area (Å²) in [5, 5.41) is 9.93. The monoisotopic (exact) mass is 300 g/mol. The standard InChI is InChI=1S/C21H20N2/c1-19(2)20(15-9-5-3-6-10-15)17-13-14-18(17)21(19,23-22-20)16-11-7-4-8-12-16/h3-14,17-18H,1-2H3/t17-,18-,20-,21-/m0/s1. The molecule has 2 heteroatoms. The minimum Gasteiger partial charge on any atom is -0.180 e. The largest absolute Gasteiger partial charge is 0.180 e. The topological polar surface area (TPSA) is 24.7 Å². The second-order valence-electron chi connectivity index (χ2n) is 7.53. The van der Waals surface area contributed by atoms with Crippen LogP contribution < -0.4 is 0 Å². The van der Waals surface area contributed by atoms with Crippen molar-refractivity contribution in [2.24, 2.45) is 27.5 Å². The molecule has 2 bridgehead atoms. The number of rotatable bonds is 2. The molecule has 1 heterocycles. The number of hydrogen-bond acceptors (Lipinski definition) is 2. The van der Waals surface area contributed by atoms with Crippen LogP contribution in [0.1, 0.15) is 25.0 Å². The van der Waals surface area contributed by atoms with Crippen molar-refractivity contribution >= 4 is 0 Å². The zero-order valence-corrected chi connectivity index (χ0v) is 13.5. The van der Waals surface area contributed by atoms with Crippen LogP contribution in [-0.4, -0.2) is 0 Å². The van der Waals surface area contributed by atoms with Gasteiger partial charge >= 0.3 is 0 Å². The third-order valence-corrected chi connectivity index (χ3v) is 6.58. The van der Waals surface area contributed by atoms with E-state index in [0.29, 0.717) is 11.8 Å². The number of azo groups is 1. The first-order valence-corrected chi connectivity index (χ1v) is 8.38. The Labute approximate surface area is 137 Å². The molecule has 1 aliphatic heterocycles. The quantitative estimate of drug-likeness (QED) is 0.691. The van der Waals surface area contributed by atoms with Gasteiger partial charge in [-0.1, -0.05) is 86.7 Å². The van der Waals surface area contributed by atoms with Gasteiger partial charge in [-0.15, -0.1) is 0 Å². The fraction of sp³-hybridized carbons (Fsp3) is 0.333. The fourth-order valence-electron chi connectivity index (χ4n) is 5.40. The van der Waals surface area contributed by atoms with Crippen LogP contribution in [0.5, 0.6) is 0 Å². The molecule has 1 saturated carbocycles. The van der Waals surface area contributed by atoms with E-state index < -0.39 is 0 Å². The van der Waals surface area contributed by atoms with Crippen LogP contribution >= 0.6 is 0 Å². The van der Waals surface area contributed by atoms with E-state index in [4.69, 9.17) is 10.2 Å². The van der Waals surface area contributed by atoms with Crippen molar-refractivity contribution in [3.8, 4) is 0 Å². The van der Waals surface area contributed by atoms with Crippen LogP contribution in [0.25, 0.3) is 0 Å². The average Bonchev–Trinajstić information content (AvgIpc) is 2.84. The van der Waals surface area contributed by atoms with E-state index in [0.717, 1.165) is 0 Å². The number of fused-ring (bicyclic) bond motifs is 5. The molecule has 0 unspecified atom stereocenters. The molecule has 2 aliphatic carbocycles. The van der Waals surface area contributed by atoms with E-state index >= 15 is 0 Å². The molecule has 0 spiro atoms. The smallest absolute Gasteiger partial charge is 0.121 e. The predicted molar refractivity (Wildman–Crippen MR) is 91.0 cm³/mol. The zero-order chi connectivity index (χ0) is 15.7. The Kier molecular flexibility index (Phi) is 2.30. The molecule has 0 saturated heterocycles. The molecule has 5 rings (SSSR count). The maximum absolute atomic E-state index is 4.96. The highest BCUT2D eigenvalue weighted by molar-refractivity contribution is 5.50. The Bertz CT molecular complexity index is 754. The first-order chi connectivity index (χ1) is 11.1. The van der Waals surface area contributed by atoms with E-state index in [-0.39, 0.29) is 16.5 Å². The van der Waals surface area contributed by atoms with Gasteiger partial charge in [0.25, 0.3) is 0 Å². The van der Waals surface area contributed by atoms with Gasteiger partial charge in [0.15, 0.2) is 0 Å². The van der Waals surface area contributed by atoms with Crippen LogP contribution in [-0.2, 0) is 11.1 Å². The minimum absolute atomic E-state index is 0.0679. The normalized spacial score (nSPS) is 38.3. The van der Waals surface area contributed by atoms with Crippen LogP contribution in [0.3, 0.4) is 0 Å². The second-order valence-corrected chi connectivity index (χ2v) is 7.53. The molecular weight excluding hydrogens is 280 g/mol. The zero-order valence-electron chi connectivity index (χ0n) is 13.5.